The molecule has 1 aliphatic rings. The van der Waals surface area contributed by atoms with E-state index in [0.29, 0.717) is 0 Å². The quantitative estimate of drug-likeness (QED) is 0.830. The lowest BCUT2D eigenvalue weighted by Gasteiger charge is -2.22. The molecule has 2 N–H and O–H groups in total. The third-order valence-electron chi connectivity index (χ3n) is 4.77. The molecule has 4 heteroatoms. The molecule has 0 saturated carbocycles. The normalized spacial score (nSPS) is 16.6. The van der Waals surface area contributed by atoms with Gasteiger partial charge >= 0.3 is 5.69 Å². The van der Waals surface area contributed by atoms with Crippen LogP contribution >= 0.6 is 0 Å². The van der Waals surface area contributed by atoms with Crippen molar-refractivity contribution in [1.82, 2.24) is 14.9 Å². The van der Waals surface area contributed by atoms with Gasteiger partial charge in [-0.05, 0) is 56.3 Å². The zero-order chi connectivity index (χ0) is 14.7. The lowest BCUT2D eigenvalue weighted by molar-refractivity contribution is 0.344. The summed E-state index contributed by atoms with van der Waals surface area (Å²) < 4.78 is 1.73. The largest absolute Gasteiger partial charge is 0.326 e. The minimum Gasteiger partial charge on any atom is -0.317 e. The first-order valence-corrected chi connectivity index (χ1v) is 8.13. The van der Waals surface area contributed by atoms with Gasteiger partial charge in [-0.25, -0.2) is 4.79 Å². The Bertz CT molecular complexity index is 650. The number of aromatic amines is 1. The minimum absolute atomic E-state index is 0.0212. The van der Waals surface area contributed by atoms with Crippen molar-refractivity contribution in [1.29, 1.82) is 0 Å². The zero-order valence-corrected chi connectivity index (χ0v) is 12.8. The van der Waals surface area contributed by atoms with Gasteiger partial charge in [0.25, 0.3) is 0 Å². The molecule has 114 valence electrons. The van der Waals surface area contributed by atoms with Gasteiger partial charge in [0.15, 0.2) is 0 Å². The molecular formula is C17H25N3O. The zero-order valence-electron chi connectivity index (χ0n) is 12.8. The van der Waals surface area contributed by atoms with Gasteiger partial charge in [-0.2, -0.15) is 0 Å². The van der Waals surface area contributed by atoms with Crippen LogP contribution in [0.2, 0.25) is 0 Å². The molecule has 3 rings (SSSR count). The van der Waals surface area contributed by atoms with Gasteiger partial charge in [-0.1, -0.05) is 25.0 Å². The van der Waals surface area contributed by atoms with Crippen LogP contribution in [0, 0.1) is 5.92 Å². The predicted octanol–water partition coefficient (Wildman–Crippen LogP) is 2.58. The average Bonchev–Trinajstić information content (AvgIpc) is 2.80. The monoisotopic (exact) mass is 287 g/mol. The van der Waals surface area contributed by atoms with Gasteiger partial charge in [0, 0.05) is 7.05 Å². The highest BCUT2D eigenvalue weighted by molar-refractivity contribution is 5.78. The SMILES string of the molecule is Cn1c(=O)[nH]c2cccc(CCCCC3CCNCC3)c21. The number of rotatable bonds is 5. The van der Waals surface area contributed by atoms with Gasteiger partial charge in [0.1, 0.15) is 0 Å². The van der Waals surface area contributed by atoms with Crippen molar-refractivity contribution in [3.8, 4) is 0 Å². The number of benzene rings is 1. The van der Waals surface area contributed by atoms with Crippen molar-refractivity contribution in [2.75, 3.05) is 13.1 Å². The maximum absolute atomic E-state index is 11.7. The van der Waals surface area contributed by atoms with Crippen LogP contribution < -0.4 is 11.0 Å². The van der Waals surface area contributed by atoms with E-state index in [9.17, 15) is 4.79 Å². The first-order chi connectivity index (χ1) is 10.3. The third-order valence-corrected chi connectivity index (χ3v) is 4.77. The average molecular weight is 287 g/mol. The molecule has 4 nitrogen and oxygen atoms in total. The van der Waals surface area contributed by atoms with Gasteiger partial charge in [-0.15, -0.1) is 0 Å². The van der Waals surface area contributed by atoms with Crippen molar-refractivity contribution in [3.63, 3.8) is 0 Å². The molecule has 1 aliphatic heterocycles. The second-order valence-electron chi connectivity index (χ2n) is 6.24. The fraction of sp³-hybridized carbons (Fsp3) is 0.588. The van der Waals surface area contributed by atoms with Crippen molar-refractivity contribution in [3.05, 3.63) is 34.2 Å². The smallest absolute Gasteiger partial charge is 0.317 e. The highest BCUT2D eigenvalue weighted by Crippen LogP contribution is 2.21. The number of nitrogens with one attached hydrogen (secondary N) is 2. The summed E-state index contributed by atoms with van der Waals surface area (Å²) in [5.41, 5.74) is 3.30. The molecule has 2 aromatic rings. The van der Waals surface area contributed by atoms with Gasteiger partial charge < -0.3 is 10.3 Å². The van der Waals surface area contributed by atoms with Crippen molar-refractivity contribution in [2.24, 2.45) is 13.0 Å². The Morgan fingerprint density at radius 2 is 2.05 bits per heavy atom. The van der Waals surface area contributed by atoms with Crippen molar-refractivity contribution in [2.45, 2.75) is 38.5 Å². The summed E-state index contributed by atoms with van der Waals surface area (Å²) in [7, 11) is 1.85. The Hall–Kier alpha value is -1.55. The van der Waals surface area contributed by atoms with E-state index in [-0.39, 0.29) is 5.69 Å². The number of imidazole rings is 1. The van der Waals surface area contributed by atoms with Crippen LogP contribution in [0.4, 0.5) is 0 Å². The molecule has 1 aromatic carbocycles. The Balaban J connectivity index is 1.59. The summed E-state index contributed by atoms with van der Waals surface area (Å²) in [6.45, 7) is 2.38. The number of hydrogen-bond acceptors (Lipinski definition) is 2. The van der Waals surface area contributed by atoms with Gasteiger partial charge in [-0.3, -0.25) is 4.57 Å². The van der Waals surface area contributed by atoms with Crippen LogP contribution in [0.15, 0.2) is 23.0 Å². The van der Waals surface area contributed by atoms with Crippen LogP contribution in [0.5, 0.6) is 0 Å². The number of nitrogens with zero attached hydrogens (tertiary/aromatic N) is 1. The molecule has 21 heavy (non-hydrogen) atoms. The number of para-hydroxylation sites is 1. The van der Waals surface area contributed by atoms with Crippen LogP contribution in [0.3, 0.4) is 0 Å². The molecule has 0 aliphatic carbocycles. The number of piperidine rings is 1. The maximum Gasteiger partial charge on any atom is 0.326 e. The minimum atomic E-state index is -0.0212. The van der Waals surface area contributed by atoms with E-state index in [2.05, 4.69) is 16.4 Å². The Kier molecular flexibility index (Phi) is 4.44. The molecule has 1 fully saturated rings. The van der Waals surface area contributed by atoms with Gasteiger partial charge in [0.05, 0.1) is 11.0 Å². The van der Waals surface area contributed by atoms with Crippen molar-refractivity contribution >= 4 is 11.0 Å². The van der Waals surface area contributed by atoms with E-state index in [4.69, 9.17) is 0 Å². The fourth-order valence-corrected chi connectivity index (χ4v) is 3.51. The first-order valence-electron chi connectivity index (χ1n) is 8.13. The third kappa shape index (κ3) is 3.21. The number of unbranched alkanes of at least 4 members (excludes halogenated alkanes) is 1. The fourth-order valence-electron chi connectivity index (χ4n) is 3.51. The summed E-state index contributed by atoms with van der Waals surface area (Å²) >= 11 is 0. The second-order valence-corrected chi connectivity index (χ2v) is 6.24. The molecule has 0 radical (unpaired) electrons. The number of aromatic nitrogens is 2. The summed E-state index contributed by atoms with van der Waals surface area (Å²) in [5, 5.41) is 3.42. The Morgan fingerprint density at radius 3 is 2.86 bits per heavy atom. The molecule has 0 spiro atoms. The summed E-state index contributed by atoms with van der Waals surface area (Å²) in [5.74, 6) is 0.915. The molecule has 1 saturated heterocycles. The lowest BCUT2D eigenvalue weighted by atomic mass is 9.91. The highest BCUT2D eigenvalue weighted by Gasteiger charge is 2.12. The van der Waals surface area contributed by atoms with Crippen LogP contribution in [-0.4, -0.2) is 22.6 Å². The van der Waals surface area contributed by atoms with Crippen LogP contribution in [-0.2, 0) is 13.5 Å². The summed E-state index contributed by atoms with van der Waals surface area (Å²) in [4.78, 5) is 14.6. The van der Waals surface area contributed by atoms with Crippen LogP contribution in [0.1, 0.15) is 37.7 Å². The van der Waals surface area contributed by atoms with E-state index < -0.39 is 0 Å². The molecule has 0 bridgehead atoms. The summed E-state index contributed by atoms with van der Waals surface area (Å²) in [6.07, 6.45) is 7.59. The lowest BCUT2D eigenvalue weighted by Crippen LogP contribution is -2.27. The molecule has 0 atom stereocenters. The molecule has 0 unspecified atom stereocenters. The van der Waals surface area contributed by atoms with Crippen molar-refractivity contribution < 1.29 is 0 Å². The molecule has 1 aromatic heterocycles. The number of fused-ring (bicyclic) bond motifs is 1. The standard InChI is InChI=1S/C17H25N3O/c1-20-16-14(7-4-8-15(16)19-17(20)21)6-3-2-5-13-9-11-18-12-10-13/h4,7-8,13,18H,2-3,5-6,9-12H2,1H3,(H,19,21). The second kappa shape index (κ2) is 6.48. The van der Waals surface area contributed by atoms with E-state index in [0.717, 1.165) is 23.4 Å². The topological polar surface area (TPSA) is 49.8 Å². The van der Waals surface area contributed by atoms with E-state index >= 15 is 0 Å². The molecular weight excluding hydrogens is 262 g/mol. The Labute approximate surface area is 125 Å². The van der Waals surface area contributed by atoms with E-state index in [1.165, 1.54) is 50.8 Å². The molecule has 2 heterocycles. The van der Waals surface area contributed by atoms with Crippen LogP contribution in [0.25, 0.3) is 11.0 Å². The summed E-state index contributed by atoms with van der Waals surface area (Å²) in [6, 6.07) is 6.18. The maximum atomic E-state index is 11.7. The predicted molar refractivity (Wildman–Crippen MR) is 86.7 cm³/mol. The highest BCUT2D eigenvalue weighted by atomic mass is 16.1. The Morgan fingerprint density at radius 1 is 1.24 bits per heavy atom. The number of H-pyrrole nitrogens is 1. The molecule has 0 amide bonds. The number of hydrogen-bond donors (Lipinski definition) is 2. The van der Waals surface area contributed by atoms with Gasteiger partial charge in [0.2, 0.25) is 0 Å². The first kappa shape index (κ1) is 14.4. The van der Waals surface area contributed by atoms with E-state index in [1.54, 1.807) is 4.57 Å². The van der Waals surface area contributed by atoms with E-state index in [1.807, 2.05) is 19.2 Å². The number of aryl methyl sites for hydroxylation is 2.